The summed E-state index contributed by atoms with van der Waals surface area (Å²) in [5.41, 5.74) is 1.70. The van der Waals surface area contributed by atoms with Crippen molar-refractivity contribution in [3.05, 3.63) is 59.1 Å². The third-order valence-corrected chi connectivity index (χ3v) is 5.96. The zero-order valence-corrected chi connectivity index (χ0v) is 16.0. The highest BCUT2D eigenvalue weighted by molar-refractivity contribution is 7.98. The maximum absolute atomic E-state index is 12.2. The summed E-state index contributed by atoms with van der Waals surface area (Å²) in [5.74, 6) is 1.25. The second-order valence-corrected chi connectivity index (χ2v) is 8.59. The molecule has 0 aliphatic rings. The lowest BCUT2D eigenvalue weighted by atomic mass is 10.2. The Balaban J connectivity index is 1.78. The van der Waals surface area contributed by atoms with Crippen molar-refractivity contribution in [3.63, 3.8) is 0 Å². The Hall–Kier alpha value is -1.54. The van der Waals surface area contributed by atoms with Gasteiger partial charge in [0.15, 0.2) is 0 Å². The van der Waals surface area contributed by atoms with Gasteiger partial charge < -0.3 is 5.32 Å². The zero-order chi connectivity index (χ0) is 18.3. The van der Waals surface area contributed by atoms with E-state index in [4.69, 9.17) is 11.6 Å². The van der Waals surface area contributed by atoms with Crippen molar-refractivity contribution in [1.82, 2.24) is 4.72 Å². The Morgan fingerprint density at radius 3 is 2.32 bits per heavy atom. The molecule has 0 fully saturated rings. The summed E-state index contributed by atoms with van der Waals surface area (Å²) < 4.78 is 27.0. The fraction of sp³-hybridized carbons (Fsp3) is 0.235. The van der Waals surface area contributed by atoms with Gasteiger partial charge in [0, 0.05) is 35.7 Å². The van der Waals surface area contributed by atoms with Gasteiger partial charge in [-0.2, -0.15) is 11.8 Å². The molecule has 0 aliphatic carbocycles. The number of carbonyl (C=O) groups is 1. The van der Waals surface area contributed by atoms with Gasteiger partial charge >= 0.3 is 0 Å². The third kappa shape index (κ3) is 6.70. The molecule has 2 rings (SSSR count). The Kier molecular flexibility index (Phi) is 7.31. The third-order valence-electron chi connectivity index (χ3n) is 3.21. The summed E-state index contributed by atoms with van der Waals surface area (Å²) in [7, 11) is -3.55. The summed E-state index contributed by atoms with van der Waals surface area (Å²) in [6, 6.07) is 13.6. The molecule has 0 bridgehead atoms. The van der Waals surface area contributed by atoms with Crippen LogP contribution in [0.2, 0.25) is 5.02 Å². The SMILES string of the molecule is CC(=O)Nc1ccc(S(=O)(=O)NCCSCc2ccc(Cl)cc2)cc1. The number of rotatable bonds is 8. The quantitative estimate of drug-likeness (QED) is 0.667. The summed E-state index contributed by atoms with van der Waals surface area (Å²) in [6.45, 7) is 1.74. The molecule has 0 atom stereocenters. The summed E-state index contributed by atoms with van der Waals surface area (Å²) in [4.78, 5) is 11.1. The number of carbonyl (C=O) groups excluding carboxylic acids is 1. The Morgan fingerprint density at radius 1 is 1.08 bits per heavy atom. The van der Waals surface area contributed by atoms with E-state index in [0.717, 1.165) is 11.3 Å². The van der Waals surface area contributed by atoms with Crippen molar-refractivity contribution in [1.29, 1.82) is 0 Å². The molecule has 0 heterocycles. The first-order valence-electron chi connectivity index (χ1n) is 7.56. The molecule has 2 N–H and O–H groups in total. The number of nitrogens with one attached hydrogen (secondary N) is 2. The lowest BCUT2D eigenvalue weighted by Crippen LogP contribution is -2.26. The molecule has 8 heteroatoms. The molecule has 0 radical (unpaired) electrons. The lowest BCUT2D eigenvalue weighted by Gasteiger charge is -2.08. The van der Waals surface area contributed by atoms with Gasteiger partial charge in [0.1, 0.15) is 0 Å². The van der Waals surface area contributed by atoms with Gasteiger partial charge in [-0.25, -0.2) is 13.1 Å². The molecular formula is C17H19ClN2O3S2. The highest BCUT2D eigenvalue weighted by Gasteiger charge is 2.13. The van der Waals surface area contributed by atoms with E-state index < -0.39 is 10.0 Å². The second-order valence-electron chi connectivity index (χ2n) is 5.28. The van der Waals surface area contributed by atoms with Gasteiger partial charge in [-0.05, 0) is 42.0 Å². The van der Waals surface area contributed by atoms with Crippen LogP contribution in [0, 0.1) is 0 Å². The van der Waals surface area contributed by atoms with Gasteiger partial charge in [0.25, 0.3) is 0 Å². The number of amides is 1. The summed E-state index contributed by atoms with van der Waals surface area (Å²) in [5, 5.41) is 3.30. The first-order chi connectivity index (χ1) is 11.9. The monoisotopic (exact) mass is 398 g/mol. The first-order valence-corrected chi connectivity index (χ1v) is 10.6. The van der Waals surface area contributed by atoms with E-state index in [9.17, 15) is 13.2 Å². The number of hydrogen-bond acceptors (Lipinski definition) is 4. The summed E-state index contributed by atoms with van der Waals surface area (Å²) >= 11 is 7.47. The molecule has 2 aromatic carbocycles. The van der Waals surface area contributed by atoms with Crippen LogP contribution in [-0.2, 0) is 20.6 Å². The molecule has 2 aromatic rings. The maximum Gasteiger partial charge on any atom is 0.240 e. The molecular weight excluding hydrogens is 380 g/mol. The molecule has 0 saturated heterocycles. The van der Waals surface area contributed by atoms with Gasteiger partial charge in [-0.15, -0.1) is 0 Å². The van der Waals surface area contributed by atoms with Crippen molar-refractivity contribution in [2.45, 2.75) is 17.6 Å². The van der Waals surface area contributed by atoms with Gasteiger partial charge in [-0.1, -0.05) is 23.7 Å². The molecule has 0 saturated carbocycles. The minimum absolute atomic E-state index is 0.171. The fourth-order valence-corrected chi connectivity index (χ4v) is 4.13. The summed E-state index contributed by atoms with van der Waals surface area (Å²) in [6.07, 6.45) is 0. The molecule has 0 spiro atoms. The minimum atomic E-state index is -3.55. The van der Waals surface area contributed by atoms with Crippen molar-refractivity contribution in [2.75, 3.05) is 17.6 Å². The van der Waals surface area contributed by atoms with Crippen LogP contribution >= 0.6 is 23.4 Å². The number of sulfonamides is 1. The minimum Gasteiger partial charge on any atom is -0.326 e. The average molecular weight is 399 g/mol. The van der Waals surface area contributed by atoms with Crippen molar-refractivity contribution >= 4 is 45.0 Å². The fourth-order valence-electron chi connectivity index (χ4n) is 2.02. The molecule has 0 aliphatic heterocycles. The van der Waals surface area contributed by atoms with E-state index in [1.54, 1.807) is 23.9 Å². The lowest BCUT2D eigenvalue weighted by molar-refractivity contribution is -0.114. The van der Waals surface area contributed by atoms with Crippen LogP contribution in [0.1, 0.15) is 12.5 Å². The van der Waals surface area contributed by atoms with E-state index >= 15 is 0 Å². The Morgan fingerprint density at radius 2 is 1.72 bits per heavy atom. The number of hydrogen-bond donors (Lipinski definition) is 2. The van der Waals surface area contributed by atoms with E-state index in [-0.39, 0.29) is 10.8 Å². The number of halogens is 1. The molecule has 0 unspecified atom stereocenters. The van der Waals surface area contributed by atoms with Crippen LogP contribution in [0.4, 0.5) is 5.69 Å². The van der Waals surface area contributed by atoms with E-state index in [2.05, 4.69) is 10.0 Å². The van der Waals surface area contributed by atoms with Gasteiger partial charge in [0.2, 0.25) is 15.9 Å². The van der Waals surface area contributed by atoms with Crippen LogP contribution in [0.15, 0.2) is 53.4 Å². The molecule has 1 amide bonds. The standard InChI is InChI=1S/C17H19ClN2O3S2/c1-13(21)20-16-6-8-17(9-7-16)25(22,23)19-10-11-24-12-14-2-4-15(18)5-3-14/h2-9,19H,10-12H2,1H3,(H,20,21). The smallest absolute Gasteiger partial charge is 0.240 e. The van der Waals surface area contributed by atoms with Gasteiger partial charge in [-0.3, -0.25) is 4.79 Å². The maximum atomic E-state index is 12.2. The average Bonchev–Trinajstić information content (AvgIpc) is 2.56. The van der Waals surface area contributed by atoms with E-state index in [1.165, 1.54) is 19.1 Å². The topological polar surface area (TPSA) is 75.3 Å². The zero-order valence-electron chi connectivity index (χ0n) is 13.7. The van der Waals surface area contributed by atoms with Crippen LogP contribution in [0.5, 0.6) is 0 Å². The van der Waals surface area contributed by atoms with Crippen molar-refractivity contribution in [3.8, 4) is 0 Å². The highest BCUT2D eigenvalue weighted by atomic mass is 35.5. The largest absolute Gasteiger partial charge is 0.326 e. The van der Waals surface area contributed by atoms with Crippen LogP contribution in [0.25, 0.3) is 0 Å². The Labute approximate surface area is 157 Å². The molecule has 134 valence electrons. The van der Waals surface area contributed by atoms with Crippen LogP contribution in [-0.4, -0.2) is 26.6 Å². The van der Waals surface area contributed by atoms with Crippen molar-refractivity contribution < 1.29 is 13.2 Å². The predicted octanol–water partition coefficient (Wildman–Crippen LogP) is 3.51. The van der Waals surface area contributed by atoms with Crippen molar-refractivity contribution in [2.24, 2.45) is 0 Å². The second kappa shape index (κ2) is 9.24. The van der Waals surface area contributed by atoms with Gasteiger partial charge in [0.05, 0.1) is 4.90 Å². The number of anilines is 1. The molecule has 5 nitrogen and oxygen atoms in total. The first kappa shape index (κ1) is 19.8. The predicted molar refractivity (Wildman–Crippen MR) is 104 cm³/mol. The van der Waals surface area contributed by atoms with E-state index in [1.807, 2.05) is 24.3 Å². The Bertz CT molecular complexity index is 807. The normalized spacial score (nSPS) is 11.3. The molecule has 25 heavy (non-hydrogen) atoms. The number of benzene rings is 2. The van der Waals surface area contributed by atoms with Crippen LogP contribution < -0.4 is 10.0 Å². The molecule has 0 aromatic heterocycles. The van der Waals surface area contributed by atoms with E-state index in [0.29, 0.717) is 23.0 Å². The van der Waals surface area contributed by atoms with Crippen LogP contribution in [0.3, 0.4) is 0 Å². The highest BCUT2D eigenvalue weighted by Crippen LogP contribution is 2.16. The number of thioether (sulfide) groups is 1.